The third-order valence-electron chi connectivity index (χ3n) is 4.72. The summed E-state index contributed by atoms with van der Waals surface area (Å²) < 4.78 is 6.31. The van der Waals surface area contributed by atoms with Crippen LogP contribution in [-0.2, 0) is 0 Å². The zero-order valence-electron chi connectivity index (χ0n) is 14.1. The molecule has 0 atom stereocenters. The highest BCUT2D eigenvalue weighted by molar-refractivity contribution is 7.22. The van der Waals surface area contributed by atoms with E-state index >= 15 is 0 Å². The highest BCUT2D eigenvalue weighted by Crippen LogP contribution is 2.36. The molecule has 130 valence electrons. The van der Waals surface area contributed by atoms with Gasteiger partial charge in [0.25, 0.3) is 0 Å². The molecule has 0 radical (unpaired) electrons. The number of rotatable bonds is 4. The highest BCUT2D eigenvalue weighted by Gasteiger charge is 2.20. The van der Waals surface area contributed by atoms with Crippen molar-refractivity contribution >= 4 is 27.4 Å². The van der Waals surface area contributed by atoms with Crippen LogP contribution in [0.3, 0.4) is 0 Å². The largest absolute Gasteiger partial charge is 0.497 e. The minimum absolute atomic E-state index is 0.146. The number of aromatic nitrogens is 2. The molecule has 0 aliphatic heterocycles. The van der Waals surface area contributed by atoms with Crippen LogP contribution in [0.1, 0.15) is 25.7 Å². The number of aliphatic hydroxyl groups is 1. The van der Waals surface area contributed by atoms with Crippen LogP contribution in [0.15, 0.2) is 36.7 Å². The monoisotopic (exact) mass is 355 g/mol. The van der Waals surface area contributed by atoms with Crippen LogP contribution in [-0.4, -0.2) is 34.3 Å². The minimum atomic E-state index is -0.146. The highest BCUT2D eigenvalue weighted by atomic mass is 32.1. The molecule has 0 saturated heterocycles. The van der Waals surface area contributed by atoms with Gasteiger partial charge in [-0.2, -0.15) is 0 Å². The van der Waals surface area contributed by atoms with Gasteiger partial charge in [-0.3, -0.25) is 0 Å². The predicted octanol–water partition coefficient (Wildman–Crippen LogP) is 4.08. The number of thiophene rings is 1. The van der Waals surface area contributed by atoms with Crippen LogP contribution in [0.4, 0.5) is 5.82 Å². The van der Waals surface area contributed by atoms with Crippen molar-refractivity contribution in [2.24, 2.45) is 0 Å². The van der Waals surface area contributed by atoms with Gasteiger partial charge in [0, 0.05) is 10.9 Å². The van der Waals surface area contributed by atoms with Crippen molar-refractivity contribution in [3.05, 3.63) is 36.7 Å². The smallest absolute Gasteiger partial charge is 0.147 e. The standard InChI is InChI=1S/C19H21N3O2S/c1-24-15-8-2-12(3-9-15)17-10-16-18(25-17)19(21-11-20-16)22-13-4-6-14(23)7-5-13/h2-3,8-11,13-14,23H,4-7H2,1H3,(H,20,21,22). The van der Waals surface area contributed by atoms with Crippen LogP contribution in [0.2, 0.25) is 0 Å². The maximum atomic E-state index is 9.67. The summed E-state index contributed by atoms with van der Waals surface area (Å²) in [5.74, 6) is 1.75. The first kappa shape index (κ1) is 16.3. The van der Waals surface area contributed by atoms with E-state index in [9.17, 15) is 5.11 Å². The van der Waals surface area contributed by atoms with E-state index in [0.29, 0.717) is 6.04 Å². The molecule has 4 rings (SSSR count). The fourth-order valence-electron chi connectivity index (χ4n) is 3.27. The number of benzene rings is 1. The number of fused-ring (bicyclic) bond motifs is 1. The molecule has 2 N–H and O–H groups in total. The van der Waals surface area contributed by atoms with Gasteiger partial charge in [0.1, 0.15) is 17.9 Å². The average Bonchev–Trinajstić information content (AvgIpc) is 3.09. The number of hydrogen-bond acceptors (Lipinski definition) is 6. The molecule has 6 heteroatoms. The third kappa shape index (κ3) is 3.45. The van der Waals surface area contributed by atoms with Gasteiger partial charge in [-0.25, -0.2) is 9.97 Å². The minimum Gasteiger partial charge on any atom is -0.497 e. The van der Waals surface area contributed by atoms with Crippen LogP contribution < -0.4 is 10.1 Å². The van der Waals surface area contributed by atoms with Crippen LogP contribution in [0, 0.1) is 0 Å². The molecular formula is C19H21N3O2S. The molecule has 1 aliphatic rings. The molecular weight excluding hydrogens is 334 g/mol. The fraction of sp³-hybridized carbons (Fsp3) is 0.368. The number of anilines is 1. The normalized spacial score (nSPS) is 20.6. The van der Waals surface area contributed by atoms with Crippen molar-refractivity contribution in [2.45, 2.75) is 37.8 Å². The van der Waals surface area contributed by atoms with Crippen molar-refractivity contribution in [3.63, 3.8) is 0 Å². The van der Waals surface area contributed by atoms with E-state index in [2.05, 4.69) is 33.5 Å². The Morgan fingerprint density at radius 2 is 1.88 bits per heavy atom. The number of ether oxygens (including phenoxy) is 1. The number of hydrogen-bond donors (Lipinski definition) is 2. The van der Waals surface area contributed by atoms with Gasteiger partial charge in [-0.05, 0) is 61.6 Å². The summed E-state index contributed by atoms with van der Waals surface area (Å²) >= 11 is 1.70. The lowest BCUT2D eigenvalue weighted by Gasteiger charge is -2.26. The van der Waals surface area contributed by atoms with Crippen molar-refractivity contribution in [3.8, 4) is 16.2 Å². The van der Waals surface area contributed by atoms with E-state index in [-0.39, 0.29) is 6.10 Å². The topological polar surface area (TPSA) is 67.3 Å². The summed E-state index contributed by atoms with van der Waals surface area (Å²) in [5, 5.41) is 13.2. The number of nitrogens with one attached hydrogen (secondary N) is 1. The zero-order chi connectivity index (χ0) is 17.2. The first-order chi connectivity index (χ1) is 12.2. The van der Waals surface area contributed by atoms with Gasteiger partial charge in [0.05, 0.1) is 23.4 Å². The van der Waals surface area contributed by atoms with E-state index in [0.717, 1.165) is 53.0 Å². The molecule has 1 saturated carbocycles. The van der Waals surface area contributed by atoms with Gasteiger partial charge in [0.2, 0.25) is 0 Å². The first-order valence-corrected chi connectivity index (χ1v) is 9.38. The van der Waals surface area contributed by atoms with E-state index in [1.807, 2.05) is 12.1 Å². The molecule has 0 unspecified atom stereocenters. The van der Waals surface area contributed by atoms with Crippen molar-refractivity contribution < 1.29 is 9.84 Å². The van der Waals surface area contributed by atoms with E-state index in [1.54, 1.807) is 24.8 Å². The second kappa shape index (κ2) is 6.98. The maximum absolute atomic E-state index is 9.67. The second-order valence-corrected chi connectivity index (χ2v) is 7.48. The average molecular weight is 355 g/mol. The molecule has 3 aromatic rings. The molecule has 0 bridgehead atoms. The van der Waals surface area contributed by atoms with Gasteiger partial charge >= 0.3 is 0 Å². The molecule has 25 heavy (non-hydrogen) atoms. The van der Waals surface area contributed by atoms with Gasteiger partial charge in [0.15, 0.2) is 0 Å². The maximum Gasteiger partial charge on any atom is 0.147 e. The van der Waals surface area contributed by atoms with E-state index < -0.39 is 0 Å². The fourth-order valence-corrected chi connectivity index (χ4v) is 4.34. The Morgan fingerprint density at radius 1 is 1.12 bits per heavy atom. The third-order valence-corrected chi connectivity index (χ3v) is 5.90. The first-order valence-electron chi connectivity index (χ1n) is 8.56. The Morgan fingerprint density at radius 3 is 2.60 bits per heavy atom. The quantitative estimate of drug-likeness (QED) is 0.738. The molecule has 0 amide bonds. The summed E-state index contributed by atoms with van der Waals surface area (Å²) in [7, 11) is 1.67. The Labute approximate surface area is 150 Å². The molecule has 1 aromatic carbocycles. The lowest BCUT2D eigenvalue weighted by molar-refractivity contribution is 0.126. The number of methoxy groups -OCH3 is 1. The summed E-state index contributed by atoms with van der Waals surface area (Å²) in [4.78, 5) is 10.0. The van der Waals surface area contributed by atoms with Crippen molar-refractivity contribution in [2.75, 3.05) is 12.4 Å². The summed E-state index contributed by atoms with van der Waals surface area (Å²) in [6.45, 7) is 0. The molecule has 1 fully saturated rings. The lowest BCUT2D eigenvalue weighted by atomic mass is 9.93. The second-order valence-electron chi connectivity index (χ2n) is 6.43. The lowest BCUT2D eigenvalue weighted by Crippen LogP contribution is -2.28. The number of aliphatic hydroxyl groups excluding tert-OH is 1. The Balaban J connectivity index is 1.61. The summed E-state index contributed by atoms with van der Waals surface area (Å²) in [5.41, 5.74) is 2.11. The zero-order valence-corrected chi connectivity index (χ0v) is 14.9. The summed E-state index contributed by atoms with van der Waals surface area (Å²) in [6, 6.07) is 10.5. The van der Waals surface area contributed by atoms with Crippen LogP contribution in [0.25, 0.3) is 20.7 Å². The molecule has 2 aromatic heterocycles. The van der Waals surface area contributed by atoms with Crippen molar-refractivity contribution in [1.82, 2.24) is 9.97 Å². The van der Waals surface area contributed by atoms with Crippen LogP contribution >= 0.6 is 11.3 Å². The van der Waals surface area contributed by atoms with E-state index in [1.165, 1.54) is 4.88 Å². The Bertz CT molecular complexity index is 855. The predicted molar refractivity (Wildman–Crippen MR) is 101 cm³/mol. The Kier molecular flexibility index (Phi) is 4.55. The van der Waals surface area contributed by atoms with Gasteiger partial charge < -0.3 is 15.2 Å². The molecule has 1 aliphatic carbocycles. The molecule has 0 spiro atoms. The van der Waals surface area contributed by atoms with Crippen molar-refractivity contribution in [1.29, 1.82) is 0 Å². The van der Waals surface area contributed by atoms with Gasteiger partial charge in [-0.1, -0.05) is 0 Å². The Hall–Kier alpha value is -2.18. The number of nitrogens with zero attached hydrogens (tertiary/aromatic N) is 2. The molecule has 2 heterocycles. The van der Waals surface area contributed by atoms with Gasteiger partial charge in [-0.15, -0.1) is 11.3 Å². The van der Waals surface area contributed by atoms with E-state index in [4.69, 9.17) is 4.74 Å². The summed E-state index contributed by atoms with van der Waals surface area (Å²) in [6.07, 6.45) is 5.13. The SMILES string of the molecule is COc1ccc(-c2cc3ncnc(NC4CCC(O)CC4)c3s2)cc1. The van der Waals surface area contributed by atoms with Crippen LogP contribution in [0.5, 0.6) is 5.75 Å². The molecule has 5 nitrogen and oxygen atoms in total.